The van der Waals surface area contributed by atoms with Gasteiger partial charge in [-0.15, -0.1) is 0 Å². The molecule has 0 fully saturated rings. The molecule has 0 radical (unpaired) electrons. The van der Waals surface area contributed by atoms with Gasteiger partial charge in [-0.2, -0.15) is 0 Å². The van der Waals surface area contributed by atoms with Crippen LogP contribution in [0.4, 0.5) is 4.39 Å². The van der Waals surface area contributed by atoms with E-state index in [0.717, 1.165) is 13.0 Å². The van der Waals surface area contributed by atoms with E-state index >= 15 is 0 Å². The second kappa shape index (κ2) is 8.35. The molecule has 3 rings (SSSR count). The van der Waals surface area contributed by atoms with Crippen molar-refractivity contribution >= 4 is 23.4 Å². The highest BCUT2D eigenvalue weighted by atomic mass is 35.5. The molecular weight excluding hydrogens is 409 g/mol. The van der Waals surface area contributed by atoms with Gasteiger partial charge in [0.15, 0.2) is 5.69 Å². The molecule has 0 bridgehead atoms. The minimum Gasteiger partial charge on any atom is -0.368 e. The molecule has 2 amide bonds. The van der Waals surface area contributed by atoms with E-state index < -0.39 is 29.1 Å². The van der Waals surface area contributed by atoms with Gasteiger partial charge in [0.05, 0.1) is 11.3 Å². The number of fused-ring (bicyclic) bond motifs is 1. The number of primary amides is 1. The number of halogens is 2. The van der Waals surface area contributed by atoms with Crippen molar-refractivity contribution in [1.82, 2.24) is 19.8 Å². The highest BCUT2D eigenvalue weighted by Gasteiger charge is 2.34. The standard InChI is InChI=1S/C21H27ClFN5O2/c1-21(2,3)17(18(24)29)26-20(30)16-15-11-27(4)8-5-9-28(15)19(25-16)13-10-12(22)6-7-14(13)23/h6-7,10,17H,5,8-9,11H2,1-4H3,(H2,24,29)(H,26,30). The Kier molecular flexibility index (Phi) is 6.19. The van der Waals surface area contributed by atoms with E-state index in [2.05, 4.69) is 15.2 Å². The molecule has 1 aliphatic rings. The van der Waals surface area contributed by atoms with Crippen molar-refractivity contribution in [3.05, 3.63) is 40.4 Å². The van der Waals surface area contributed by atoms with E-state index in [9.17, 15) is 14.0 Å². The third kappa shape index (κ3) is 4.49. The van der Waals surface area contributed by atoms with E-state index in [4.69, 9.17) is 17.3 Å². The van der Waals surface area contributed by atoms with Gasteiger partial charge < -0.3 is 20.5 Å². The number of imidazole rings is 1. The first kappa shape index (κ1) is 22.2. The molecule has 2 heterocycles. The third-order valence-corrected chi connectivity index (χ3v) is 5.46. The first-order valence-corrected chi connectivity index (χ1v) is 10.2. The van der Waals surface area contributed by atoms with Crippen molar-refractivity contribution < 1.29 is 14.0 Å². The highest BCUT2D eigenvalue weighted by Crippen LogP contribution is 2.30. The van der Waals surface area contributed by atoms with Crippen LogP contribution in [0.25, 0.3) is 11.4 Å². The van der Waals surface area contributed by atoms with E-state index in [0.29, 0.717) is 29.6 Å². The summed E-state index contributed by atoms with van der Waals surface area (Å²) < 4.78 is 16.5. The average Bonchev–Trinajstić information content (AvgIpc) is 2.86. The molecule has 3 N–H and O–H groups in total. The summed E-state index contributed by atoms with van der Waals surface area (Å²) in [6.45, 7) is 7.32. The lowest BCUT2D eigenvalue weighted by molar-refractivity contribution is -0.122. The molecule has 0 spiro atoms. The van der Waals surface area contributed by atoms with Crippen molar-refractivity contribution in [3.63, 3.8) is 0 Å². The monoisotopic (exact) mass is 435 g/mol. The van der Waals surface area contributed by atoms with E-state index in [1.807, 2.05) is 32.4 Å². The number of amides is 2. The summed E-state index contributed by atoms with van der Waals surface area (Å²) in [6, 6.07) is 3.38. The van der Waals surface area contributed by atoms with Gasteiger partial charge in [0.25, 0.3) is 5.91 Å². The van der Waals surface area contributed by atoms with Crippen LogP contribution in [0.5, 0.6) is 0 Å². The molecule has 2 aromatic rings. The molecule has 1 aromatic heterocycles. The normalized spacial score (nSPS) is 15.9. The molecule has 1 atom stereocenters. The molecule has 0 saturated heterocycles. The number of nitrogens with one attached hydrogen (secondary N) is 1. The molecule has 1 aliphatic heterocycles. The van der Waals surface area contributed by atoms with Crippen LogP contribution in [-0.4, -0.2) is 45.9 Å². The molecule has 0 saturated carbocycles. The Morgan fingerprint density at radius 3 is 2.63 bits per heavy atom. The highest BCUT2D eigenvalue weighted by molar-refractivity contribution is 6.30. The smallest absolute Gasteiger partial charge is 0.272 e. The van der Waals surface area contributed by atoms with Crippen LogP contribution in [0.3, 0.4) is 0 Å². The Hall–Kier alpha value is -2.45. The summed E-state index contributed by atoms with van der Waals surface area (Å²) in [7, 11) is 1.95. The summed E-state index contributed by atoms with van der Waals surface area (Å²) in [4.78, 5) is 31.7. The zero-order valence-corrected chi connectivity index (χ0v) is 18.4. The van der Waals surface area contributed by atoms with Gasteiger partial charge in [0.1, 0.15) is 17.7 Å². The predicted molar refractivity (Wildman–Crippen MR) is 113 cm³/mol. The molecule has 1 aromatic carbocycles. The fourth-order valence-corrected chi connectivity index (χ4v) is 3.86. The summed E-state index contributed by atoms with van der Waals surface area (Å²) in [5.74, 6) is -1.26. The Labute approximate surface area is 180 Å². The average molecular weight is 436 g/mol. The summed E-state index contributed by atoms with van der Waals surface area (Å²) >= 11 is 6.09. The van der Waals surface area contributed by atoms with Gasteiger partial charge in [-0.3, -0.25) is 9.59 Å². The number of rotatable bonds is 4. The van der Waals surface area contributed by atoms with Crippen LogP contribution in [0, 0.1) is 11.2 Å². The zero-order chi connectivity index (χ0) is 22.2. The maximum absolute atomic E-state index is 14.6. The summed E-state index contributed by atoms with van der Waals surface area (Å²) in [5, 5.41) is 3.10. The van der Waals surface area contributed by atoms with Crippen LogP contribution in [-0.2, 0) is 17.9 Å². The van der Waals surface area contributed by atoms with Crippen LogP contribution in [0.1, 0.15) is 43.4 Å². The minimum absolute atomic E-state index is 0.161. The maximum atomic E-state index is 14.6. The molecule has 162 valence electrons. The lowest BCUT2D eigenvalue weighted by Crippen LogP contribution is -2.52. The van der Waals surface area contributed by atoms with Gasteiger partial charge in [-0.05, 0) is 43.6 Å². The van der Waals surface area contributed by atoms with E-state index in [-0.39, 0.29) is 11.3 Å². The fourth-order valence-electron chi connectivity index (χ4n) is 3.69. The minimum atomic E-state index is -0.878. The van der Waals surface area contributed by atoms with Gasteiger partial charge >= 0.3 is 0 Å². The van der Waals surface area contributed by atoms with Crippen molar-refractivity contribution in [3.8, 4) is 11.4 Å². The third-order valence-electron chi connectivity index (χ3n) is 5.22. The van der Waals surface area contributed by atoms with Gasteiger partial charge in [-0.1, -0.05) is 32.4 Å². The van der Waals surface area contributed by atoms with Gasteiger partial charge in [0, 0.05) is 18.1 Å². The van der Waals surface area contributed by atoms with E-state index in [1.54, 1.807) is 0 Å². The Balaban J connectivity index is 2.11. The largest absolute Gasteiger partial charge is 0.368 e. The van der Waals surface area contributed by atoms with Crippen LogP contribution in [0.2, 0.25) is 5.02 Å². The lowest BCUT2D eigenvalue weighted by atomic mass is 9.86. The van der Waals surface area contributed by atoms with Gasteiger partial charge in [-0.25, -0.2) is 9.37 Å². The zero-order valence-electron chi connectivity index (χ0n) is 17.6. The number of aromatic nitrogens is 2. The SMILES string of the molecule is CN1CCCn2c(-c3cc(Cl)ccc3F)nc(C(=O)NC(C(N)=O)C(C)(C)C)c2C1. The Morgan fingerprint density at radius 1 is 1.30 bits per heavy atom. The lowest BCUT2D eigenvalue weighted by Gasteiger charge is -2.28. The molecule has 7 nitrogen and oxygen atoms in total. The number of carbonyl (C=O) groups excluding carboxylic acids is 2. The quantitative estimate of drug-likeness (QED) is 0.772. The second-order valence-electron chi connectivity index (χ2n) is 8.77. The van der Waals surface area contributed by atoms with Crippen molar-refractivity contribution in [1.29, 1.82) is 0 Å². The molecule has 0 aliphatic carbocycles. The number of benzene rings is 1. The van der Waals surface area contributed by atoms with Gasteiger partial charge in [0.2, 0.25) is 5.91 Å². The Morgan fingerprint density at radius 2 is 2.00 bits per heavy atom. The number of hydrogen-bond acceptors (Lipinski definition) is 4. The van der Waals surface area contributed by atoms with Crippen LogP contribution >= 0.6 is 11.6 Å². The number of hydrogen-bond donors (Lipinski definition) is 2. The summed E-state index contributed by atoms with van der Waals surface area (Å²) in [6.07, 6.45) is 0.821. The van der Waals surface area contributed by atoms with E-state index in [1.165, 1.54) is 18.2 Å². The summed E-state index contributed by atoms with van der Waals surface area (Å²) in [5.41, 5.74) is 6.00. The molecule has 30 heavy (non-hydrogen) atoms. The number of nitrogens with two attached hydrogens (primary N) is 1. The first-order valence-electron chi connectivity index (χ1n) is 9.82. The number of nitrogens with zero attached hydrogens (tertiary/aromatic N) is 3. The molecule has 9 heteroatoms. The van der Waals surface area contributed by atoms with Crippen LogP contribution < -0.4 is 11.1 Å². The van der Waals surface area contributed by atoms with Crippen molar-refractivity contribution in [2.45, 2.75) is 46.3 Å². The topological polar surface area (TPSA) is 93.2 Å². The Bertz CT molecular complexity index is 983. The second-order valence-corrected chi connectivity index (χ2v) is 9.21. The van der Waals surface area contributed by atoms with Crippen molar-refractivity contribution in [2.75, 3.05) is 13.6 Å². The van der Waals surface area contributed by atoms with Crippen molar-refractivity contribution in [2.24, 2.45) is 11.1 Å². The molecule has 1 unspecified atom stereocenters. The number of carbonyl (C=O) groups is 2. The first-order chi connectivity index (χ1) is 14.0. The fraction of sp³-hybridized carbons (Fsp3) is 0.476. The maximum Gasteiger partial charge on any atom is 0.272 e. The molecular formula is C21H27ClFN5O2. The van der Waals surface area contributed by atoms with Crippen LogP contribution in [0.15, 0.2) is 18.2 Å². The predicted octanol–water partition coefficient (Wildman–Crippen LogP) is 2.81.